The number of benzene rings is 1. The minimum atomic E-state index is 0.412. The lowest BCUT2D eigenvalue weighted by molar-refractivity contribution is 0.466. The SMILES string of the molecule is Cc1cc(CNC(C)Cc2ccsc2)cc(C)c1O. The highest BCUT2D eigenvalue weighted by Gasteiger charge is 2.06. The third-order valence-electron chi connectivity index (χ3n) is 3.33. The van der Waals surface area contributed by atoms with Gasteiger partial charge >= 0.3 is 0 Å². The van der Waals surface area contributed by atoms with Gasteiger partial charge in [0, 0.05) is 12.6 Å². The van der Waals surface area contributed by atoms with Crippen molar-refractivity contribution in [3.8, 4) is 5.75 Å². The molecule has 0 radical (unpaired) electrons. The van der Waals surface area contributed by atoms with Crippen LogP contribution in [0.15, 0.2) is 29.0 Å². The Kier molecular flexibility index (Phi) is 4.61. The topological polar surface area (TPSA) is 32.3 Å². The van der Waals surface area contributed by atoms with E-state index in [1.54, 1.807) is 11.3 Å². The molecule has 0 bridgehead atoms. The molecule has 0 saturated heterocycles. The lowest BCUT2D eigenvalue weighted by Gasteiger charge is -2.14. The third kappa shape index (κ3) is 3.82. The number of hydrogen-bond donors (Lipinski definition) is 2. The molecule has 102 valence electrons. The van der Waals surface area contributed by atoms with Crippen molar-refractivity contribution in [2.24, 2.45) is 0 Å². The van der Waals surface area contributed by atoms with Gasteiger partial charge in [-0.25, -0.2) is 0 Å². The molecule has 0 aliphatic carbocycles. The van der Waals surface area contributed by atoms with Gasteiger partial charge < -0.3 is 10.4 Å². The van der Waals surface area contributed by atoms with E-state index in [1.165, 1.54) is 11.1 Å². The van der Waals surface area contributed by atoms with Gasteiger partial charge in [-0.3, -0.25) is 0 Å². The molecular formula is C16H21NOS. The fourth-order valence-corrected chi connectivity index (χ4v) is 2.96. The van der Waals surface area contributed by atoms with Crippen LogP contribution in [0.1, 0.15) is 29.2 Å². The molecule has 3 heteroatoms. The summed E-state index contributed by atoms with van der Waals surface area (Å²) in [6.07, 6.45) is 1.06. The van der Waals surface area contributed by atoms with Crippen LogP contribution in [-0.2, 0) is 13.0 Å². The van der Waals surface area contributed by atoms with Crippen molar-refractivity contribution in [3.05, 3.63) is 51.2 Å². The zero-order valence-electron chi connectivity index (χ0n) is 11.7. The van der Waals surface area contributed by atoms with Crippen molar-refractivity contribution in [2.45, 2.75) is 39.8 Å². The minimum Gasteiger partial charge on any atom is -0.507 e. The Hall–Kier alpha value is -1.32. The highest BCUT2D eigenvalue weighted by atomic mass is 32.1. The van der Waals surface area contributed by atoms with Crippen LogP contribution in [0.25, 0.3) is 0 Å². The smallest absolute Gasteiger partial charge is 0.121 e. The third-order valence-corrected chi connectivity index (χ3v) is 4.06. The largest absolute Gasteiger partial charge is 0.507 e. The van der Waals surface area contributed by atoms with Crippen molar-refractivity contribution >= 4 is 11.3 Å². The summed E-state index contributed by atoms with van der Waals surface area (Å²) in [5.74, 6) is 0.412. The highest BCUT2D eigenvalue weighted by Crippen LogP contribution is 2.22. The Balaban J connectivity index is 1.91. The summed E-state index contributed by atoms with van der Waals surface area (Å²) in [6, 6.07) is 6.72. The first-order valence-electron chi connectivity index (χ1n) is 6.60. The number of hydrogen-bond acceptors (Lipinski definition) is 3. The van der Waals surface area contributed by atoms with E-state index in [-0.39, 0.29) is 0 Å². The van der Waals surface area contributed by atoms with Gasteiger partial charge in [0.2, 0.25) is 0 Å². The van der Waals surface area contributed by atoms with Gasteiger partial charge in [-0.15, -0.1) is 0 Å². The van der Waals surface area contributed by atoms with Crippen molar-refractivity contribution in [3.63, 3.8) is 0 Å². The molecule has 0 amide bonds. The van der Waals surface area contributed by atoms with Gasteiger partial charge in [0.15, 0.2) is 0 Å². The lowest BCUT2D eigenvalue weighted by atomic mass is 10.0. The first-order valence-corrected chi connectivity index (χ1v) is 7.54. The van der Waals surface area contributed by atoms with Crippen LogP contribution < -0.4 is 5.32 Å². The Morgan fingerprint density at radius 2 is 1.89 bits per heavy atom. The predicted molar refractivity (Wildman–Crippen MR) is 81.9 cm³/mol. The van der Waals surface area contributed by atoms with E-state index in [0.29, 0.717) is 11.8 Å². The first kappa shape index (κ1) is 14.1. The van der Waals surface area contributed by atoms with Gasteiger partial charge in [-0.05, 0) is 66.3 Å². The molecule has 2 nitrogen and oxygen atoms in total. The van der Waals surface area contributed by atoms with Crippen LogP contribution >= 0.6 is 11.3 Å². The number of nitrogens with one attached hydrogen (secondary N) is 1. The van der Waals surface area contributed by atoms with Gasteiger partial charge in [-0.1, -0.05) is 12.1 Å². The first-order chi connectivity index (χ1) is 9.06. The molecule has 1 atom stereocenters. The average molecular weight is 275 g/mol. The fraction of sp³-hybridized carbons (Fsp3) is 0.375. The van der Waals surface area contributed by atoms with E-state index in [9.17, 15) is 5.11 Å². The molecular weight excluding hydrogens is 254 g/mol. The predicted octanol–water partition coefficient (Wildman–Crippen LogP) is 3.79. The number of thiophene rings is 1. The van der Waals surface area contributed by atoms with E-state index >= 15 is 0 Å². The van der Waals surface area contributed by atoms with E-state index < -0.39 is 0 Å². The molecule has 1 heterocycles. The molecule has 1 aromatic heterocycles. The lowest BCUT2D eigenvalue weighted by Crippen LogP contribution is -2.27. The van der Waals surface area contributed by atoms with E-state index in [0.717, 1.165) is 24.1 Å². The van der Waals surface area contributed by atoms with E-state index in [1.807, 2.05) is 26.0 Å². The van der Waals surface area contributed by atoms with Crippen LogP contribution in [0.4, 0.5) is 0 Å². The molecule has 0 saturated carbocycles. The van der Waals surface area contributed by atoms with Crippen LogP contribution in [0, 0.1) is 13.8 Å². The zero-order chi connectivity index (χ0) is 13.8. The standard InChI is InChI=1S/C16H21NOS/c1-11-6-15(7-12(2)16(11)18)9-17-13(3)8-14-4-5-19-10-14/h4-7,10,13,17-18H,8-9H2,1-3H3. The van der Waals surface area contributed by atoms with Gasteiger partial charge in [0.25, 0.3) is 0 Å². The fourth-order valence-electron chi connectivity index (χ4n) is 2.27. The summed E-state index contributed by atoms with van der Waals surface area (Å²) < 4.78 is 0. The summed E-state index contributed by atoms with van der Waals surface area (Å²) in [5, 5.41) is 17.6. The molecule has 2 N–H and O–H groups in total. The molecule has 0 aliphatic heterocycles. The summed E-state index contributed by atoms with van der Waals surface area (Å²) in [7, 11) is 0. The Morgan fingerprint density at radius 1 is 1.21 bits per heavy atom. The molecule has 2 rings (SSSR count). The molecule has 2 aromatic rings. The van der Waals surface area contributed by atoms with Crippen molar-refractivity contribution in [2.75, 3.05) is 0 Å². The van der Waals surface area contributed by atoms with Gasteiger partial charge in [0.05, 0.1) is 0 Å². The molecule has 0 spiro atoms. The van der Waals surface area contributed by atoms with Crippen molar-refractivity contribution in [1.29, 1.82) is 0 Å². The number of phenols is 1. The van der Waals surface area contributed by atoms with E-state index in [2.05, 4.69) is 29.1 Å². The van der Waals surface area contributed by atoms with Crippen molar-refractivity contribution < 1.29 is 5.11 Å². The minimum absolute atomic E-state index is 0.412. The normalized spacial score (nSPS) is 12.6. The van der Waals surface area contributed by atoms with Gasteiger partial charge in [0.1, 0.15) is 5.75 Å². The van der Waals surface area contributed by atoms with Gasteiger partial charge in [-0.2, -0.15) is 11.3 Å². The monoisotopic (exact) mass is 275 g/mol. The second-order valence-electron chi connectivity index (χ2n) is 5.20. The zero-order valence-corrected chi connectivity index (χ0v) is 12.6. The summed E-state index contributed by atoms with van der Waals surface area (Å²) >= 11 is 1.75. The summed E-state index contributed by atoms with van der Waals surface area (Å²) in [6.45, 7) is 6.94. The maximum atomic E-state index is 9.76. The second-order valence-corrected chi connectivity index (χ2v) is 5.98. The van der Waals surface area contributed by atoms with Crippen molar-refractivity contribution in [1.82, 2.24) is 5.32 Å². The maximum absolute atomic E-state index is 9.76. The molecule has 0 aliphatic rings. The average Bonchev–Trinajstić information content (AvgIpc) is 2.86. The Bertz CT molecular complexity index is 511. The quantitative estimate of drug-likeness (QED) is 0.870. The Morgan fingerprint density at radius 3 is 2.47 bits per heavy atom. The number of rotatable bonds is 5. The van der Waals surface area contributed by atoms with Crippen LogP contribution in [0.2, 0.25) is 0 Å². The van der Waals surface area contributed by atoms with E-state index in [4.69, 9.17) is 0 Å². The molecule has 1 aromatic carbocycles. The Labute approximate surface area is 119 Å². The maximum Gasteiger partial charge on any atom is 0.121 e. The molecule has 1 unspecified atom stereocenters. The number of phenolic OH excluding ortho intramolecular Hbond substituents is 1. The van der Waals surface area contributed by atoms with Crippen LogP contribution in [0.3, 0.4) is 0 Å². The second kappa shape index (κ2) is 6.22. The van der Waals surface area contributed by atoms with Crippen LogP contribution in [-0.4, -0.2) is 11.1 Å². The molecule has 0 fully saturated rings. The number of aromatic hydroxyl groups is 1. The van der Waals surface area contributed by atoms with Crippen LogP contribution in [0.5, 0.6) is 5.75 Å². The summed E-state index contributed by atoms with van der Waals surface area (Å²) in [4.78, 5) is 0. The highest BCUT2D eigenvalue weighted by molar-refractivity contribution is 7.07. The number of aryl methyl sites for hydroxylation is 2. The summed E-state index contributed by atoms with van der Waals surface area (Å²) in [5.41, 5.74) is 4.51. The molecule has 19 heavy (non-hydrogen) atoms.